The Labute approximate surface area is 149 Å². The summed E-state index contributed by atoms with van der Waals surface area (Å²) < 4.78 is 15.6. The van der Waals surface area contributed by atoms with Crippen molar-refractivity contribution in [3.8, 4) is 11.5 Å². The highest BCUT2D eigenvalue weighted by Crippen LogP contribution is 2.28. The van der Waals surface area contributed by atoms with Gasteiger partial charge in [-0.25, -0.2) is 4.79 Å². The molecule has 0 atom stereocenters. The Hall–Kier alpha value is -2.50. The maximum absolute atomic E-state index is 11.7. The molecule has 0 bridgehead atoms. The van der Waals surface area contributed by atoms with E-state index < -0.39 is 5.97 Å². The molecule has 0 aromatic heterocycles. The van der Waals surface area contributed by atoms with E-state index in [1.54, 1.807) is 6.07 Å². The second kappa shape index (κ2) is 11.1. The van der Waals surface area contributed by atoms with E-state index in [2.05, 4.69) is 5.32 Å². The number of benzene rings is 1. The van der Waals surface area contributed by atoms with Gasteiger partial charge in [-0.1, -0.05) is 32.1 Å². The van der Waals surface area contributed by atoms with E-state index in [9.17, 15) is 9.59 Å². The van der Waals surface area contributed by atoms with Crippen LogP contribution in [0.2, 0.25) is 0 Å². The third kappa shape index (κ3) is 7.28. The maximum atomic E-state index is 11.7. The smallest absolute Gasteiger partial charge is 0.344 e. The standard InChI is InChI=1S/C19H27NO5/c1-5-8-14-9-10-16(17(11-14)23-4)24-13-19(22)25-12-18(21)20-15(6-2)7-3/h5,8-11,15H,6-7,12-13H2,1-4H3,(H,20,21)/b8-5+. The lowest BCUT2D eigenvalue weighted by atomic mass is 10.2. The summed E-state index contributed by atoms with van der Waals surface area (Å²) in [5.74, 6) is 0.0404. The van der Waals surface area contributed by atoms with Gasteiger partial charge < -0.3 is 19.5 Å². The van der Waals surface area contributed by atoms with Gasteiger partial charge in [0.25, 0.3) is 5.91 Å². The summed E-state index contributed by atoms with van der Waals surface area (Å²) in [4.78, 5) is 23.4. The number of hydrogen-bond acceptors (Lipinski definition) is 5. The molecule has 0 saturated carbocycles. The largest absolute Gasteiger partial charge is 0.493 e. The minimum absolute atomic E-state index is 0.0994. The Morgan fingerprint density at radius 1 is 1.16 bits per heavy atom. The highest BCUT2D eigenvalue weighted by Gasteiger charge is 2.13. The van der Waals surface area contributed by atoms with Crippen LogP contribution in [0.5, 0.6) is 11.5 Å². The van der Waals surface area contributed by atoms with Crippen molar-refractivity contribution in [1.82, 2.24) is 5.32 Å². The number of carbonyl (C=O) groups excluding carboxylic acids is 2. The normalized spacial score (nSPS) is 10.8. The number of nitrogens with one attached hydrogen (secondary N) is 1. The van der Waals surface area contributed by atoms with Gasteiger partial charge in [-0.15, -0.1) is 0 Å². The number of amides is 1. The number of rotatable bonds is 10. The monoisotopic (exact) mass is 349 g/mol. The molecule has 6 nitrogen and oxygen atoms in total. The van der Waals surface area contributed by atoms with Gasteiger partial charge in [0.05, 0.1) is 7.11 Å². The van der Waals surface area contributed by atoms with E-state index in [1.807, 2.05) is 45.1 Å². The van der Waals surface area contributed by atoms with Crippen LogP contribution in [0.3, 0.4) is 0 Å². The number of hydrogen-bond donors (Lipinski definition) is 1. The summed E-state index contributed by atoms with van der Waals surface area (Å²) >= 11 is 0. The quantitative estimate of drug-likeness (QED) is 0.658. The topological polar surface area (TPSA) is 73.9 Å². The highest BCUT2D eigenvalue weighted by atomic mass is 16.6. The summed E-state index contributed by atoms with van der Waals surface area (Å²) in [6, 6.07) is 5.49. The van der Waals surface area contributed by atoms with E-state index >= 15 is 0 Å². The first-order chi connectivity index (χ1) is 12.0. The van der Waals surface area contributed by atoms with Crippen LogP contribution in [0.15, 0.2) is 24.3 Å². The molecule has 25 heavy (non-hydrogen) atoms. The fourth-order valence-corrected chi connectivity index (χ4v) is 2.19. The second-order valence-electron chi connectivity index (χ2n) is 5.44. The Bertz CT molecular complexity index is 593. The first-order valence-corrected chi connectivity index (χ1v) is 8.42. The fourth-order valence-electron chi connectivity index (χ4n) is 2.19. The third-order valence-electron chi connectivity index (χ3n) is 3.61. The van der Waals surface area contributed by atoms with Gasteiger partial charge >= 0.3 is 5.97 Å². The number of esters is 1. The Morgan fingerprint density at radius 2 is 1.88 bits per heavy atom. The number of ether oxygens (including phenoxy) is 3. The molecular formula is C19H27NO5. The van der Waals surface area contributed by atoms with Gasteiger partial charge in [-0.3, -0.25) is 4.79 Å². The zero-order chi connectivity index (χ0) is 18.7. The van der Waals surface area contributed by atoms with E-state index in [0.29, 0.717) is 11.5 Å². The van der Waals surface area contributed by atoms with Crippen LogP contribution in [-0.4, -0.2) is 38.2 Å². The van der Waals surface area contributed by atoms with Crippen molar-refractivity contribution in [1.29, 1.82) is 0 Å². The number of methoxy groups -OCH3 is 1. The van der Waals surface area contributed by atoms with Crippen LogP contribution in [0, 0.1) is 0 Å². The van der Waals surface area contributed by atoms with E-state index in [4.69, 9.17) is 14.2 Å². The third-order valence-corrected chi connectivity index (χ3v) is 3.61. The van der Waals surface area contributed by atoms with Crippen molar-refractivity contribution in [3.05, 3.63) is 29.8 Å². The summed E-state index contributed by atoms with van der Waals surface area (Å²) in [5.41, 5.74) is 0.965. The fraction of sp³-hybridized carbons (Fsp3) is 0.474. The SMILES string of the molecule is C/C=C/c1ccc(OCC(=O)OCC(=O)NC(CC)CC)c(OC)c1. The summed E-state index contributed by atoms with van der Waals surface area (Å²) in [5, 5.41) is 2.80. The molecule has 0 aliphatic rings. The molecule has 1 rings (SSSR count). The van der Waals surface area contributed by atoms with Gasteiger partial charge in [-0.05, 0) is 37.5 Å². The molecule has 1 amide bonds. The molecule has 1 aromatic carbocycles. The summed E-state index contributed by atoms with van der Waals surface area (Å²) in [6.07, 6.45) is 5.52. The van der Waals surface area contributed by atoms with Crippen molar-refractivity contribution >= 4 is 18.0 Å². The van der Waals surface area contributed by atoms with E-state index in [1.165, 1.54) is 7.11 Å². The predicted octanol–water partition coefficient (Wildman–Crippen LogP) is 2.96. The zero-order valence-corrected chi connectivity index (χ0v) is 15.3. The highest BCUT2D eigenvalue weighted by molar-refractivity contribution is 5.81. The molecule has 1 aromatic rings. The molecule has 0 unspecified atom stereocenters. The van der Waals surface area contributed by atoms with Gasteiger partial charge in [0, 0.05) is 6.04 Å². The zero-order valence-electron chi connectivity index (χ0n) is 15.3. The van der Waals surface area contributed by atoms with Crippen LogP contribution in [-0.2, 0) is 14.3 Å². The van der Waals surface area contributed by atoms with Crippen molar-refractivity contribution in [3.63, 3.8) is 0 Å². The van der Waals surface area contributed by atoms with Crippen LogP contribution in [0.4, 0.5) is 0 Å². The van der Waals surface area contributed by atoms with E-state index in [-0.39, 0.29) is 25.2 Å². The molecular weight excluding hydrogens is 322 g/mol. The average molecular weight is 349 g/mol. The Kier molecular flexibility index (Phi) is 9.14. The van der Waals surface area contributed by atoms with Gasteiger partial charge in [0.1, 0.15) is 0 Å². The molecule has 0 saturated heterocycles. The van der Waals surface area contributed by atoms with Crippen LogP contribution < -0.4 is 14.8 Å². The predicted molar refractivity (Wildman–Crippen MR) is 96.7 cm³/mol. The lowest BCUT2D eigenvalue weighted by Gasteiger charge is -2.15. The molecule has 0 radical (unpaired) electrons. The van der Waals surface area contributed by atoms with E-state index in [0.717, 1.165) is 18.4 Å². The Balaban J connectivity index is 2.47. The molecule has 0 spiro atoms. The molecule has 0 fully saturated rings. The van der Waals surface area contributed by atoms with Crippen molar-refractivity contribution in [2.24, 2.45) is 0 Å². The van der Waals surface area contributed by atoms with Gasteiger partial charge in [0.2, 0.25) is 0 Å². The molecule has 6 heteroatoms. The molecule has 0 aliphatic carbocycles. The molecule has 0 aliphatic heterocycles. The summed E-state index contributed by atoms with van der Waals surface area (Å²) in [6.45, 7) is 5.30. The first kappa shape index (κ1) is 20.5. The van der Waals surface area contributed by atoms with Crippen molar-refractivity contribution in [2.45, 2.75) is 39.7 Å². The van der Waals surface area contributed by atoms with Crippen LogP contribution in [0.25, 0.3) is 6.08 Å². The second-order valence-corrected chi connectivity index (χ2v) is 5.44. The summed E-state index contributed by atoms with van der Waals surface area (Å²) in [7, 11) is 1.53. The van der Waals surface area contributed by atoms with Crippen LogP contribution >= 0.6 is 0 Å². The van der Waals surface area contributed by atoms with Crippen molar-refractivity contribution in [2.75, 3.05) is 20.3 Å². The van der Waals surface area contributed by atoms with Gasteiger partial charge in [0.15, 0.2) is 24.7 Å². The Morgan fingerprint density at radius 3 is 2.48 bits per heavy atom. The molecule has 138 valence electrons. The lowest BCUT2D eigenvalue weighted by Crippen LogP contribution is -2.37. The molecule has 1 N–H and O–H groups in total. The van der Waals surface area contributed by atoms with Crippen LogP contribution in [0.1, 0.15) is 39.2 Å². The number of carbonyl (C=O) groups is 2. The van der Waals surface area contributed by atoms with Gasteiger partial charge in [-0.2, -0.15) is 0 Å². The minimum atomic E-state index is -0.612. The average Bonchev–Trinajstić information content (AvgIpc) is 2.63. The minimum Gasteiger partial charge on any atom is -0.493 e. The molecule has 0 heterocycles. The van der Waals surface area contributed by atoms with Crippen molar-refractivity contribution < 1.29 is 23.8 Å². The maximum Gasteiger partial charge on any atom is 0.344 e. The number of allylic oxidation sites excluding steroid dienone is 1. The first-order valence-electron chi connectivity index (χ1n) is 8.42. The lowest BCUT2D eigenvalue weighted by molar-refractivity contribution is -0.150.